The van der Waals surface area contributed by atoms with Crippen LogP contribution in [0.5, 0.6) is 11.5 Å². The number of hydrogen-bond acceptors (Lipinski definition) is 6. The number of nitrogens with one attached hydrogen (secondary N) is 1. The van der Waals surface area contributed by atoms with Gasteiger partial charge in [-0.1, -0.05) is 11.6 Å². The highest BCUT2D eigenvalue weighted by Crippen LogP contribution is 2.28. The number of nitrogens with zero attached hydrogens (tertiary/aromatic N) is 1. The fourth-order valence-corrected chi connectivity index (χ4v) is 3.28. The van der Waals surface area contributed by atoms with Crippen molar-refractivity contribution in [3.05, 3.63) is 58.4 Å². The molecule has 1 amide bonds. The molecule has 0 saturated heterocycles. The van der Waals surface area contributed by atoms with Crippen LogP contribution in [0.2, 0.25) is 5.02 Å². The number of ether oxygens (including phenoxy) is 3. The summed E-state index contributed by atoms with van der Waals surface area (Å²) in [7, 11) is 4.36. The third-order valence-corrected chi connectivity index (χ3v) is 5.52. The summed E-state index contributed by atoms with van der Waals surface area (Å²) in [5.74, 6) is -0.00940. The lowest BCUT2D eigenvalue weighted by Crippen LogP contribution is -2.45. The third-order valence-electron chi connectivity index (χ3n) is 5.18. The number of carbonyl (C=O) groups excluding carboxylic acids is 2. The summed E-state index contributed by atoms with van der Waals surface area (Å²) in [6.07, 6.45) is 0. The van der Waals surface area contributed by atoms with Gasteiger partial charge in [-0.25, -0.2) is 9.18 Å². The third kappa shape index (κ3) is 6.58. The first-order chi connectivity index (χ1) is 15.2. The molecule has 0 aliphatic heterocycles. The van der Waals surface area contributed by atoms with Crippen LogP contribution in [0.15, 0.2) is 36.4 Å². The Hall–Kier alpha value is -2.84. The molecule has 0 heterocycles. The van der Waals surface area contributed by atoms with Gasteiger partial charge < -0.3 is 24.4 Å². The normalized spacial score (nSPS) is 12.6. The Kier molecular flexibility index (Phi) is 9.28. The minimum absolute atomic E-state index is 0.0636. The van der Waals surface area contributed by atoms with E-state index in [0.717, 1.165) is 0 Å². The van der Waals surface area contributed by atoms with Gasteiger partial charge in [0.15, 0.2) is 0 Å². The van der Waals surface area contributed by atoms with Crippen molar-refractivity contribution in [1.82, 2.24) is 10.2 Å². The van der Waals surface area contributed by atoms with Crippen molar-refractivity contribution in [3.63, 3.8) is 0 Å². The van der Waals surface area contributed by atoms with Crippen LogP contribution < -0.4 is 14.8 Å². The Morgan fingerprint density at radius 2 is 1.75 bits per heavy atom. The van der Waals surface area contributed by atoms with Crippen molar-refractivity contribution in [2.75, 3.05) is 27.8 Å². The van der Waals surface area contributed by atoms with Crippen molar-refractivity contribution >= 4 is 23.5 Å². The van der Waals surface area contributed by atoms with Gasteiger partial charge in [-0.2, -0.15) is 0 Å². The number of methoxy groups -OCH3 is 2. The highest BCUT2D eigenvalue weighted by molar-refractivity contribution is 6.31. The molecule has 0 aliphatic rings. The molecule has 0 aliphatic carbocycles. The molecular weight excluding hydrogens is 439 g/mol. The second-order valence-corrected chi connectivity index (χ2v) is 7.63. The van der Waals surface area contributed by atoms with Gasteiger partial charge in [0.05, 0.1) is 25.8 Å². The van der Waals surface area contributed by atoms with E-state index in [4.69, 9.17) is 21.1 Å². The molecule has 2 rings (SSSR count). The van der Waals surface area contributed by atoms with Crippen LogP contribution in [0.25, 0.3) is 0 Å². The highest BCUT2D eigenvalue weighted by Gasteiger charge is 2.24. The average molecular weight is 467 g/mol. The van der Waals surface area contributed by atoms with Crippen LogP contribution in [0.3, 0.4) is 0 Å². The lowest BCUT2D eigenvalue weighted by atomic mass is 10.0. The van der Waals surface area contributed by atoms with E-state index < -0.39 is 23.9 Å². The SMILES string of the molecule is COC(=O)[C@H](C)N(C)C(=O)CN[C@@H](C)c1cc(F)cc(Cl)c1COc1ccc(OC)cc1. The predicted molar refractivity (Wildman–Crippen MR) is 119 cm³/mol. The van der Waals surface area contributed by atoms with Crippen molar-refractivity contribution < 1.29 is 28.2 Å². The van der Waals surface area contributed by atoms with E-state index in [9.17, 15) is 14.0 Å². The van der Waals surface area contributed by atoms with Gasteiger partial charge in [0.2, 0.25) is 5.91 Å². The van der Waals surface area contributed by atoms with Crippen molar-refractivity contribution in [3.8, 4) is 11.5 Å². The molecular formula is C23H28ClFN2O5. The fraction of sp³-hybridized carbons (Fsp3) is 0.391. The summed E-state index contributed by atoms with van der Waals surface area (Å²) < 4.78 is 29.7. The summed E-state index contributed by atoms with van der Waals surface area (Å²) in [6.45, 7) is 3.42. The monoisotopic (exact) mass is 466 g/mol. The number of esters is 1. The molecule has 0 saturated carbocycles. The summed E-state index contributed by atoms with van der Waals surface area (Å²) in [5, 5.41) is 3.29. The molecule has 2 atom stereocenters. The molecule has 2 aromatic rings. The molecule has 9 heteroatoms. The number of carbonyl (C=O) groups is 2. The predicted octanol–water partition coefficient (Wildman–Crippen LogP) is 3.74. The van der Waals surface area contributed by atoms with Crippen LogP contribution >= 0.6 is 11.6 Å². The summed E-state index contributed by atoms with van der Waals surface area (Å²) in [4.78, 5) is 25.4. The minimum Gasteiger partial charge on any atom is -0.497 e. The van der Waals surface area contributed by atoms with Gasteiger partial charge in [0.25, 0.3) is 0 Å². The smallest absolute Gasteiger partial charge is 0.328 e. The number of rotatable bonds is 10. The van der Waals surface area contributed by atoms with Crippen LogP contribution in [-0.4, -0.2) is 50.6 Å². The van der Waals surface area contributed by atoms with Crippen LogP contribution in [-0.2, 0) is 20.9 Å². The number of amides is 1. The van der Waals surface area contributed by atoms with E-state index in [-0.39, 0.29) is 24.1 Å². The molecule has 174 valence electrons. The Morgan fingerprint density at radius 3 is 2.34 bits per heavy atom. The molecule has 7 nitrogen and oxygen atoms in total. The van der Waals surface area contributed by atoms with Crippen LogP contribution in [0.1, 0.15) is 31.0 Å². The maximum atomic E-state index is 14.1. The fourth-order valence-electron chi connectivity index (χ4n) is 3.01. The van der Waals surface area contributed by atoms with Gasteiger partial charge in [-0.15, -0.1) is 0 Å². The van der Waals surface area contributed by atoms with Crippen molar-refractivity contribution in [2.45, 2.75) is 32.5 Å². The minimum atomic E-state index is -0.721. The van der Waals surface area contributed by atoms with Gasteiger partial charge in [-0.3, -0.25) is 4.79 Å². The van der Waals surface area contributed by atoms with E-state index in [1.54, 1.807) is 45.2 Å². The van der Waals surface area contributed by atoms with Crippen molar-refractivity contribution in [2.24, 2.45) is 0 Å². The number of likely N-dealkylation sites (N-methyl/N-ethyl adjacent to an activating group) is 1. The standard InChI is InChI=1S/C23H28ClFN2O5/c1-14(26-12-22(28)27(3)15(2)23(29)31-5)19-10-16(25)11-21(24)20(19)13-32-18-8-6-17(30-4)7-9-18/h6-11,14-15,26H,12-13H2,1-5H3/t14-,15-/m0/s1. The first-order valence-corrected chi connectivity index (χ1v) is 10.4. The Balaban J connectivity index is 2.10. The van der Waals surface area contributed by atoms with E-state index in [0.29, 0.717) is 22.6 Å². The number of halogens is 2. The molecule has 2 aromatic carbocycles. The average Bonchev–Trinajstić information content (AvgIpc) is 2.79. The quantitative estimate of drug-likeness (QED) is 0.537. The maximum Gasteiger partial charge on any atom is 0.328 e. The zero-order valence-corrected chi connectivity index (χ0v) is 19.5. The van der Waals surface area contributed by atoms with E-state index in [1.165, 1.54) is 31.2 Å². The van der Waals surface area contributed by atoms with Gasteiger partial charge in [0.1, 0.15) is 30.0 Å². The van der Waals surface area contributed by atoms with E-state index in [2.05, 4.69) is 10.1 Å². The topological polar surface area (TPSA) is 77.1 Å². The van der Waals surface area contributed by atoms with Crippen LogP contribution in [0, 0.1) is 5.82 Å². The largest absolute Gasteiger partial charge is 0.497 e. The number of hydrogen-bond donors (Lipinski definition) is 1. The van der Waals surface area contributed by atoms with E-state index in [1.807, 2.05) is 0 Å². The lowest BCUT2D eigenvalue weighted by molar-refractivity contribution is -0.150. The molecule has 0 fully saturated rings. The maximum absolute atomic E-state index is 14.1. The summed E-state index contributed by atoms with van der Waals surface area (Å²) >= 11 is 6.30. The summed E-state index contributed by atoms with van der Waals surface area (Å²) in [5.41, 5.74) is 1.17. The molecule has 0 unspecified atom stereocenters. The second kappa shape index (κ2) is 11.7. The number of benzene rings is 2. The summed E-state index contributed by atoms with van der Waals surface area (Å²) in [6, 6.07) is 8.51. The Morgan fingerprint density at radius 1 is 1.12 bits per heavy atom. The van der Waals surface area contributed by atoms with Gasteiger partial charge in [0, 0.05) is 18.7 Å². The first kappa shape index (κ1) is 25.4. The molecule has 0 radical (unpaired) electrons. The highest BCUT2D eigenvalue weighted by atomic mass is 35.5. The molecule has 0 spiro atoms. The lowest BCUT2D eigenvalue weighted by Gasteiger charge is -2.25. The molecule has 0 aromatic heterocycles. The molecule has 0 bridgehead atoms. The van der Waals surface area contributed by atoms with Gasteiger partial charge in [-0.05, 0) is 55.8 Å². The Bertz CT molecular complexity index is 939. The zero-order valence-electron chi connectivity index (χ0n) is 18.8. The molecule has 1 N–H and O–H groups in total. The van der Waals surface area contributed by atoms with Crippen LogP contribution in [0.4, 0.5) is 4.39 Å². The first-order valence-electron chi connectivity index (χ1n) is 9.99. The Labute approximate surface area is 192 Å². The molecule has 32 heavy (non-hydrogen) atoms. The second-order valence-electron chi connectivity index (χ2n) is 7.23. The van der Waals surface area contributed by atoms with Gasteiger partial charge >= 0.3 is 5.97 Å². The van der Waals surface area contributed by atoms with E-state index >= 15 is 0 Å². The van der Waals surface area contributed by atoms with Crippen molar-refractivity contribution in [1.29, 1.82) is 0 Å². The zero-order chi connectivity index (χ0) is 23.8.